The molecule has 0 aliphatic heterocycles. The highest BCUT2D eigenvalue weighted by Crippen LogP contribution is 2.84. The van der Waals surface area contributed by atoms with Crippen LogP contribution in [0.1, 0.15) is 706 Å². The van der Waals surface area contributed by atoms with Crippen LogP contribution >= 0.6 is 0 Å². The maximum absolute atomic E-state index is 2.85. The summed E-state index contributed by atoms with van der Waals surface area (Å²) in [5.74, 6) is 40.3. The SMILES string of the molecule is C1CCCCC1.C1CCCCC1.C1CCCCC1.CC.CC.CC.CC.CC.CC.CC.CC.CC.CC.CC.CC.CC.CC.CC.CC.CCC1C2CCCC3CC4CCCC5C(C6CCCCC6)C6CCCCC6C(C1C)(C32)C45.CCC1C2CCCC3CC4CCCC5C(C6CCCCC6)C6CCCCC6C(C1C)(C32)C45.CCC1C2CCCC3CC4CCCC5C(C6CCCCC6)C6CCCCC6C(C1C)(C32)C45. The van der Waals surface area contributed by atoms with Crippen molar-refractivity contribution in [1.82, 2.24) is 0 Å². The van der Waals surface area contributed by atoms with E-state index in [4.69, 9.17) is 0 Å². The van der Waals surface area contributed by atoms with E-state index < -0.39 is 0 Å². The maximum atomic E-state index is 2.85. The summed E-state index contributed by atoms with van der Waals surface area (Å²) in [5, 5.41) is 0. The molecule has 24 fully saturated rings. The molecule has 0 aromatic carbocycles. The summed E-state index contributed by atoms with van der Waals surface area (Å²) < 4.78 is 0. The van der Waals surface area contributed by atoms with Gasteiger partial charge in [-0.15, -0.1) is 0 Å². The first-order chi connectivity index (χ1) is 72.3. The Morgan fingerprint density at radius 3 is 0.438 bits per heavy atom. The van der Waals surface area contributed by atoms with E-state index in [9.17, 15) is 0 Å². The van der Waals surface area contributed by atoms with E-state index >= 15 is 0 Å². The molecule has 0 saturated heterocycles. The van der Waals surface area contributed by atoms with Gasteiger partial charge in [0.2, 0.25) is 0 Å². The predicted molar refractivity (Wildman–Crippen MR) is 667 cm³/mol. The van der Waals surface area contributed by atoms with E-state index in [-0.39, 0.29) is 0 Å². The molecular weight excluding hydrogens is 1750 g/mol. The second kappa shape index (κ2) is 79.1. The molecule has 0 radical (unpaired) electrons. The Bertz CT molecular complexity index is 2590. The molecule has 3 spiro atoms. The van der Waals surface area contributed by atoms with Gasteiger partial charge in [0.05, 0.1) is 0 Å². The van der Waals surface area contributed by atoms with Gasteiger partial charge in [0.25, 0.3) is 0 Å². The summed E-state index contributed by atoms with van der Waals surface area (Å²) in [6.07, 6.45) is 108. The first-order valence-electron chi connectivity index (χ1n) is 72.3. The Kier molecular flexibility index (Phi) is 75.9. The lowest BCUT2D eigenvalue weighted by atomic mass is 9.33. The Hall–Kier alpha value is 0. The zero-order valence-electron chi connectivity index (χ0n) is 109. The van der Waals surface area contributed by atoms with Gasteiger partial charge in [0, 0.05) is 0 Å². The van der Waals surface area contributed by atoms with E-state index in [0.717, 1.165) is 229 Å². The van der Waals surface area contributed by atoms with Crippen LogP contribution in [0.3, 0.4) is 0 Å². The summed E-state index contributed by atoms with van der Waals surface area (Å²) in [6.45, 7) is 80.3. The third-order valence-electron chi connectivity index (χ3n) is 46.6. The van der Waals surface area contributed by atoms with E-state index in [1.807, 2.05) is 222 Å². The summed E-state index contributed by atoms with van der Waals surface area (Å²) in [6, 6.07) is 0. The molecule has 36 unspecified atom stereocenters. The summed E-state index contributed by atoms with van der Waals surface area (Å²) >= 11 is 0. The fraction of sp³-hybridized carbons (Fsp3) is 1.00. The van der Waals surface area contributed by atoms with Gasteiger partial charge < -0.3 is 0 Å². The van der Waals surface area contributed by atoms with Crippen molar-refractivity contribution in [3.8, 4) is 0 Å². The molecule has 872 valence electrons. The topological polar surface area (TPSA) is 0 Å². The van der Waals surface area contributed by atoms with Crippen LogP contribution in [0.5, 0.6) is 0 Å². The molecule has 24 aliphatic rings. The van der Waals surface area contributed by atoms with Crippen molar-refractivity contribution < 1.29 is 0 Å². The van der Waals surface area contributed by atoms with Gasteiger partial charge in [-0.05, 0) is 326 Å². The summed E-state index contributed by atoms with van der Waals surface area (Å²) in [4.78, 5) is 0. The Balaban J connectivity index is 0.000000459. The molecule has 0 heterocycles. The number of hydrogen-bond acceptors (Lipinski definition) is 0. The normalized spacial score (nSPS) is 41.3. The molecule has 0 N–H and O–H groups in total. The molecule has 0 amide bonds. The molecule has 24 aliphatic carbocycles. The number of rotatable bonds is 6. The van der Waals surface area contributed by atoms with Crippen molar-refractivity contribution in [2.24, 2.45) is 229 Å². The smallest absolute Gasteiger partial charge is 0.0171 e. The highest BCUT2D eigenvalue weighted by atomic mass is 14.8. The zero-order valence-corrected chi connectivity index (χ0v) is 109. The molecule has 24 rings (SSSR count). The average molecular weight is 2040 g/mol. The number of fused-ring (bicyclic) bond motifs is 3. The van der Waals surface area contributed by atoms with E-state index in [1.54, 1.807) is 308 Å². The highest BCUT2D eigenvalue weighted by Gasteiger charge is 2.78. The average Bonchev–Trinajstić information content (AvgIpc) is 1.48. The van der Waals surface area contributed by atoms with Crippen LogP contribution in [0.2, 0.25) is 0 Å². The fourth-order valence-corrected chi connectivity index (χ4v) is 44.8. The van der Waals surface area contributed by atoms with Crippen LogP contribution in [0, 0.1) is 229 Å². The monoisotopic (exact) mass is 2040 g/mol. The van der Waals surface area contributed by atoms with Crippen LogP contribution in [-0.2, 0) is 0 Å². The molecule has 0 heteroatoms. The Morgan fingerprint density at radius 1 is 0.137 bits per heavy atom. The van der Waals surface area contributed by atoms with Gasteiger partial charge in [-0.3, -0.25) is 0 Å². The third-order valence-corrected chi connectivity index (χ3v) is 46.6. The van der Waals surface area contributed by atoms with Crippen molar-refractivity contribution in [3.63, 3.8) is 0 Å². The lowest BCUT2D eigenvalue weighted by Crippen LogP contribution is -2.66. The third kappa shape index (κ3) is 30.8. The largest absolute Gasteiger partial charge is 0.0683 e. The van der Waals surface area contributed by atoms with Gasteiger partial charge in [-0.2, -0.15) is 0 Å². The Labute approximate surface area is 929 Å². The van der Waals surface area contributed by atoms with Crippen molar-refractivity contribution in [2.75, 3.05) is 0 Å². The standard InChI is InChI=1S/3C32H52.3C6H12.16C2H6/c3*1-3-24-20(2)32-28-18-8-7-15-26(28)29(21-11-5-4-6-12-21)27-17-10-14-23(31(27)32)19-22-13-9-16-25(24)30(22)32;3*1-2-4-6-5-3-1;16*1-2/h3*20-31H,3-19H2,1-2H3;3*1-6H2;16*1-2H3. The second-order valence-electron chi connectivity index (χ2n) is 49.5. The minimum Gasteiger partial charge on any atom is -0.0683 e. The second-order valence-corrected chi connectivity index (χ2v) is 49.5. The van der Waals surface area contributed by atoms with Crippen LogP contribution in [0.4, 0.5) is 0 Å². The fourth-order valence-electron chi connectivity index (χ4n) is 44.8. The number of hydrogen-bond donors (Lipinski definition) is 0. The molecular formula is C146H288. The Morgan fingerprint density at radius 2 is 0.267 bits per heavy atom. The first kappa shape index (κ1) is 140. The van der Waals surface area contributed by atoms with E-state index in [0.29, 0.717) is 0 Å². The first-order valence-corrected chi connectivity index (χ1v) is 72.3. The van der Waals surface area contributed by atoms with Crippen LogP contribution in [-0.4, -0.2) is 0 Å². The zero-order chi connectivity index (χ0) is 109. The maximum Gasteiger partial charge on any atom is -0.0171 e. The van der Waals surface area contributed by atoms with Crippen molar-refractivity contribution in [2.45, 2.75) is 706 Å². The lowest BCUT2D eigenvalue weighted by Gasteiger charge is -2.71. The van der Waals surface area contributed by atoms with E-state index in [2.05, 4.69) is 41.5 Å². The quantitative estimate of drug-likeness (QED) is 0.249. The minimum atomic E-state index is 0.778. The highest BCUT2D eigenvalue weighted by molar-refractivity contribution is 5.26. The van der Waals surface area contributed by atoms with Gasteiger partial charge in [0.15, 0.2) is 0 Å². The van der Waals surface area contributed by atoms with Crippen LogP contribution in [0.15, 0.2) is 0 Å². The molecule has 0 nitrogen and oxygen atoms in total. The van der Waals surface area contributed by atoms with E-state index in [1.165, 1.54) is 135 Å². The van der Waals surface area contributed by atoms with Crippen LogP contribution < -0.4 is 0 Å². The molecule has 0 bridgehead atoms. The molecule has 24 saturated carbocycles. The molecule has 146 heavy (non-hydrogen) atoms. The molecule has 0 aromatic heterocycles. The van der Waals surface area contributed by atoms with Gasteiger partial charge in [-0.1, -0.05) is 610 Å². The van der Waals surface area contributed by atoms with Gasteiger partial charge in [-0.25, -0.2) is 0 Å². The van der Waals surface area contributed by atoms with Crippen molar-refractivity contribution >= 4 is 0 Å². The minimum absolute atomic E-state index is 0.778. The van der Waals surface area contributed by atoms with Gasteiger partial charge in [0.1, 0.15) is 0 Å². The molecule has 36 atom stereocenters. The summed E-state index contributed by atoms with van der Waals surface area (Å²) in [5.41, 5.74) is 2.34. The van der Waals surface area contributed by atoms with Crippen LogP contribution in [0.25, 0.3) is 0 Å². The predicted octanol–water partition coefficient (Wildman–Crippen LogP) is 50.8. The summed E-state index contributed by atoms with van der Waals surface area (Å²) in [7, 11) is 0. The van der Waals surface area contributed by atoms with Crippen molar-refractivity contribution in [1.29, 1.82) is 0 Å². The van der Waals surface area contributed by atoms with Gasteiger partial charge >= 0.3 is 0 Å². The lowest BCUT2D eigenvalue weighted by molar-refractivity contribution is -0.234. The van der Waals surface area contributed by atoms with Crippen molar-refractivity contribution in [3.05, 3.63) is 0 Å². The molecule has 0 aromatic rings.